The molecule has 3 unspecified atom stereocenters. The molecule has 2 aliphatic rings. The van der Waals surface area contributed by atoms with Crippen molar-refractivity contribution in [2.75, 3.05) is 26.7 Å². The fourth-order valence-electron chi connectivity index (χ4n) is 3.63. The Hall–Kier alpha value is -0.0800. The zero-order valence-corrected chi connectivity index (χ0v) is 11.9. The van der Waals surface area contributed by atoms with Crippen LogP contribution >= 0.6 is 0 Å². The van der Waals surface area contributed by atoms with E-state index in [-0.39, 0.29) is 0 Å². The van der Waals surface area contributed by atoms with Crippen LogP contribution in [0.5, 0.6) is 0 Å². The molecule has 2 nitrogen and oxygen atoms in total. The summed E-state index contributed by atoms with van der Waals surface area (Å²) in [6.07, 6.45) is 7.20. The van der Waals surface area contributed by atoms with Gasteiger partial charge < -0.3 is 10.2 Å². The topological polar surface area (TPSA) is 15.3 Å². The first-order valence-corrected chi connectivity index (χ1v) is 7.60. The largest absolute Gasteiger partial charge is 0.315 e. The van der Waals surface area contributed by atoms with Gasteiger partial charge in [-0.2, -0.15) is 0 Å². The molecule has 1 aliphatic carbocycles. The Kier molecular flexibility index (Phi) is 4.87. The van der Waals surface area contributed by atoms with E-state index in [1.807, 2.05) is 0 Å². The van der Waals surface area contributed by atoms with Crippen LogP contribution in [0, 0.1) is 17.8 Å². The Morgan fingerprint density at radius 2 is 1.82 bits per heavy atom. The zero-order valence-electron chi connectivity index (χ0n) is 11.9. The smallest absolute Gasteiger partial charge is 0.0220 e. The van der Waals surface area contributed by atoms with Crippen LogP contribution in [0.2, 0.25) is 0 Å². The van der Waals surface area contributed by atoms with E-state index >= 15 is 0 Å². The third kappa shape index (κ3) is 3.45. The molecule has 2 heteroatoms. The second kappa shape index (κ2) is 6.19. The number of likely N-dealkylation sites (tertiary alicyclic amines) is 1. The summed E-state index contributed by atoms with van der Waals surface area (Å²) in [6.45, 7) is 8.73. The molecule has 0 spiro atoms. The predicted molar refractivity (Wildman–Crippen MR) is 74.2 cm³/mol. The molecule has 1 saturated carbocycles. The van der Waals surface area contributed by atoms with Gasteiger partial charge in [-0.25, -0.2) is 0 Å². The van der Waals surface area contributed by atoms with Gasteiger partial charge >= 0.3 is 0 Å². The normalized spacial score (nSPS) is 34.1. The van der Waals surface area contributed by atoms with Crippen LogP contribution in [0.3, 0.4) is 0 Å². The maximum Gasteiger partial charge on any atom is 0.0220 e. The van der Waals surface area contributed by atoms with Crippen LogP contribution in [0.15, 0.2) is 0 Å². The number of rotatable bonds is 4. The van der Waals surface area contributed by atoms with Crippen LogP contribution < -0.4 is 5.32 Å². The summed E-state index contributed by atoms with van der Waals surface area (Å²) in [5.74, 6) is 2.74. The molecular weight excluding hydrogens is 208 g/mol. The Bertz CT molecular complexity index is 223. The van der Waals surface area contributed by atoms with Gasteiger partial charge in [0.2, 0.25) is 0 Å². The molecule has 3 atom stereocenters. The van der Waals surface area contributed by atoms with Crippen molar-refractivity contribution in [3.05, 3.63) is 0 Å². The molecule has 100 valence electrons. The predicted octanol–water partition coefficient (Wildman–Crippen LogP) is 2.74. The summed E-state index contributed by atoms with van der Waals surface area (Å²) in [7, 11) is 2.15. The monoisotopic (exact) mass is 238 g/mol. The van der Waals surface area contributed by atoms with Crippen molar-refractivity contribution in [1.82, 2.24) is 10.2 Å². The number of nitrogens with one attached hydrogen (secondary N) is 1. The third-order valence-electron chi connectivity index (χ3n) is 5.21. The Labute approximate surface area is 107 Å². The molecule has 0 amide bonds. The van der Waals surface area contributed by atoms with E-state index in [4.69, 9.17) is 0 Å². The van der Waals surface area contributed by atoms with Crippen LogP contribution in [0.25, 0.3) is 0 Å². The van der Waals surface area contributed by atoms with Crippen molar-refractivity contribution in [1.29, 1.82) is 0 Å². The standard InChI is InChI=1S/C15H30N2/c1-12-8-9-17(10-13(12)2)11-15(16-3)14-6-4-5-7-14/h12-16H,4-11H2,1-3H3. The highest BCUT2D eigenvalue weighted by atomic mass is 15.2. The summed E-state index contributed by atoms with van der Waals surface area (Å²) in [6, 6.07) is 0.734. The van der Waals surface area contributed by atoms with Crippen molar-refractivity contribution >= 4 is 0 Å². The van der Waals surface area contributed by atoms with Crippen molar-refractivity contribution in [3.8, 4) is 0 Å². The highest BCUT2D eigenvalue weighted by Crippen LogP contribution is 2.29. The molecule has 1 aliphatic heterocycles. The molecule has 1 heterocycles. The molecule has 0 radical (unpaired) electrons. The first-order valence-electron chi connectivity index (χ1n) is 7.60. The lowest BCUT2D eigenvalue weighted by Crippen LogP contribution is -2.47. The van der Waals surface area contributed by atoms with Gasteiger partial charge in [0.25, 0.3) is 0 Å². The maximum absolute atomic E-state index is 3.58. The van der Waals surface area contributed by atoms with Gasteiger partial charge in [0.15, 0.2) is 0 Å². The van der Waals surface area contributed by atoms with Crippen LogP contribution in [-0.2, 0) is 0 Å². The average molecular weight is 238 g/mol. The lowest BCUT2D eigenvalue weighted by Gasteiger charge is -2.38. The van der Waals surface area contributed by atoms with Gasteiger partial charge in [0.1, 0.15) is 0 Å². The second-order valence-electron chi connectivity index (χ2n) is 6.44. The maximum atomic E-state index is 3.58. The summed E-state index contributed by atoms with van der Waals surface area (Å²) < 4.78 is 0. The number of hydrogen-bond donors (Lipinski definition) is 1. The van der Waals surface area contributed by atoms with E-state index in [0.29, 0.717) is 0 Å². The Balaban J connectivity index is 1.81. The van der Waals surface area contributed by atoms with E-state index in [2.05, 4.69) is 31.1 Å². The summed E-state index contributed by atoms with van der Waals surface area (Å²) in [5.41, 5.74) is 0. The minimum Gasteiger partial charge on any atom is -0.315 e. The first-order chi connectivity index (χ1) is 8.20. The molecule has 2 rings (SSSR count). The Morgan fingerprint density at radius 3 is 2.41 bits per heavy atom. The first kappa shape index (κ1) is 13.4. The minimum absolute atomic E-state index is 0.734. The van der Waals surface area contributed by atoms with Gasteiger partial charge in [-0.3, -0.25) is 0 Å². The van der Waals surface area contributed by atoms with E-state index in [1.54, 1.807) is 0 Å². The quantitative estimate of drug-likeness (QED) is 0.810. The second-order valence-corrected chi connectivity index (χ2v) is 6.44. The lowest BCUT2D eigenvalue weighted by molar-refractivity contribution is 0.117. The highest BCUT2D eigenvalue weighted by Gasteiger charge is 2.28. The van der Waals surface area contributed by atoms with E-state index in [1.165, 1.54) is 51.7 Å². The fraction of sp³-hybridized carbons (Fsp3) is 1.00. The summed E-state index contributed by atoms with van der Waals surface area (Å²) in [4.78, 5) is 2.70. The Morgan fingerprint density at radius 1 is 1.12 bits per heavy atom. The number of hydrogen-bond acceptors (Lipinski definition) is 2. The van der Waals surface area contributed by atoms with Gasteiger partial charge in [0.05, 0.1) is 0 Å². The molecule has 0 aromatic heterocycles. The van der Waals surface area contributed by atoms with Crippen molar-refractivity contribution in [2.45, 2.75) is 52.0 Å². The lowest BCUT2D eigenvalue weighted by atomic mass is 9.88. The van der Waals surface area contributed by atoms with Crippen molar-refractivity contribution in [3.63, 3.8) is 0 Å². The average Bonchev–Trinajstić information content (AvgIpc) is 2.84. The van der Waals surface area contributed by atoms with Gasteiger partial charge in [-0.1, -0.05) is 26.7 Å². The molecule has 2 fully saturated rings. The molecule has 0 bridgehead atoms. The molecular formula is C15H30N2. The van der Waals surface area contributed by atoms with Crippen molar-refractivity contribution < 1.29 is 0 Å². The van der Waals surface area contributed by atoms with Crippen LogP contribution in [0.4, 0.5) is 0 Å². The fourth-order valence-corrected chi connectivity index (χ4v) is 3.63. The van der Waals surface area contributed by atoms with E-state index < -0.39 is 0 Å². The highest BCUT2D eigenvalue weighted by molar-refractivity contribution is 4.84. The SMILES string of the molecule is CNC(CN1CCC(C)C(C)C1)C1CCCC1. The van der Waals surface area contributed by atoms with Gasteiger partial charge in [-0.05, 0) is 50.6 Å². The zero-order chi connectivity index (χ0) is 12.3. The number of likely N-dealkylation sites (N-methyl/N-ethyl adjacent to an activating group) is 1. The van der Waals surface area contributed by atoms with Crippen LogP contribution in [-0.4, -0.2) is 37.6 Å². The molecule has 1 N–H and O–H groups in total. The minimum atomic E-state index is 0.734. The van der Waals surface area contributed by atoms with Crippen molar-refractivity contribution in [2.24, 2.45) is 17.8 Å². The number of nitrogens with zero attached hydrogens (tertiary/aromatic N) is 1. The van der Waals surface area contributed by atoms with E-state index in [9.17, 15) is 0 Å². The van der Waals surface area contributed by atoms with Gasteiger partial charge in [0, 0.05) is 19.1 Å². The van der Waals surface area contributed by atoms with Crippen LogP contribution in [0.1, 0.15) is 46.0 Å². The summed E-state index contributed by atoms with van der Waals surface area (Å²) >= 11 is 0. The number of piperidine rings is 1. The summed E-state index contributed by atoms with van der Waals surface area (Å²) in [5, 5.41) is 3.58. The third-order valence-corrected chi connectivity index (χ3v) is 5.21. The molecule has 0 aromatic carbocycles. The molecule has 0 aromatic rings. The van der Waals surface area contributed by atoms with Gasteiger partial charge in [-0.15, -0.1) is 0 Å². The van der Waals surface area contributed by atoms with E-state index in [0.717, 1.165) is 23.8 Å². The molecule has 17 heavy (non-hydrogen) atoms. The molecule has 1 saturated heterocycles.